The third-order valence-electron chi connectivity index (χ3n) is 13.6. The molecule has 2 aromatic heterocycles. The number of benzene rings is 11. The van der Waals surface area contributed by atoms with Gasteiger partial charge in [0.2, 0.25) is 0 Å². The fraction of sp³-hybridized carbons (Fsp3) is 0. The number of para-hydroxylation sites is 4. The van der Waals surface area contributed by atoms with Crippen LogP contribution < -0.4 is 4.90 Å². The van der Waals surface area contributed by atoms with E-state index < -0.39 is 0 Å². The van der Waals surface area contributed by atoms with E-state index in [0.29, 0.717) is 0 Å². The zero-order chi connectivity index (χ0) is 45.7. The Morgan fingerprint density at radius 3 is 1.33 bits per heavy atom. The largest absolute Gasteiger partial charge is 0.456 e. The van der Waals surface area contributed by atoms with Gasteiger partial charge in [0.1, 0.15) is 11.2 Å². The summed E-state index contributed by atoms with van der Waals surface area (Å²) in [7, 11) is 0. The Kier molecular flexibility index (Phi) is 9.84. The Balaban J connectivity index is 0.848. The number of hydrogen-bond acceptors (Lipinski definition) is 2. The molecule has 0 atom stereocenters. The normalized spacial score (nSPS) is 11.5. The summed E-state index contributed by atoms with van der Waals surface area (Å²) in [6.07, 6.45) is 0. The molecular formula is C66H44N2O. The summed E-state index contributed by atoms with van der Waals surface area (Å²) >= 11 is 0. The maximum atomic E-state index is 6.39. The Morgan fingerprint density at radius 2 is 0.710 bits per heavy atom. The molecule has 0 spiro atoms. The molecule has 0 radical (unpaired) electrons. The molecule has 3 nitrogen and oxygen atoms in total. The average molecular weight is 881 g/mol. The van der Waals surface area contributed by atoms with Gasteiger partial charge in [0, 0.05) is 44.2 Å². The van der Waals surface area contributed by atoms with Gasteiger partial charge in [-0.05, 0) is 123 Å². The average Bonchev–Trinajstić information content (AvgIpc) is 3.98. The Morgan fingerprint density at radius 1 is 0.290 bits per heavy atom. The molecular weight excluding hydrogens is 837 g/mol. The van der Waals surface area contributed by atoms with Crippen LogP contribution >= 0.6 is 0 Å². The second kappa shape index (κ2) is 16.9. The first-order valence-electron chi connectivity index (χ1n) is 23.6. The van der Waals surface area contributed by atoms with Crippen LogP contribution in [0.1, 0.15) is 0 Å². The molecule has 0 aliphatic heterocycles. The number of anilines is 3. The minimum Gasteiger partial charge on any atom is -0.456 e. The second-order valence-corrected chi connectivity index (χ2v) is 17.7. The van der Waals surface area contributed by atoms with Crippen molar-refractivity contribution in [3.8, 4) is 61.3 Å². The van der Waals surface area contributed by atoms with Crippen LogP contribution in [0, 0.1) is 0 Å². The van der Waals surface area contributed by atoms with Crippen molar-refractivity contribution in [2.75, 3.05) is 4.90 Å². The zero-order valence-electron chi connectivity index (χ0n) is 37.7. The Bertz CT molecular complexity index is 3920. The van der Waals surface area contributed by atoms with Crippen molar-refractivity contribution in [3.05, 3.63) is 267 Å². The van der Waals surface area contributed by atoms with Crippen LogP contribution in [0.2, 0.25) is 0 Å². The molecule has 3 heteroatoms. The smallest absolute Gasteiger partial charge is 0.136 e. The van der Waals surface area contributed by atoms with Crippen LogP contribution in [0.15, 0.2) is 271 Å². The SMILES string of the molecule is c1ccc(-c2cccc(-c3ccc(N(c4ccc(-c5ccc(-c6ccc(-n7c8ccccc8c8ccccc87)cc6)cc5)cc4)c4ccccc4-c4cccc5oc6ccccc6c45)cc3)c2)cc1. The van der Waals surface area contributed by atoms with Crippen LogP contribution in [0.5, 0.6) is 0 Å². The van der Waals surface area contributed by atoms with Gasteiger partial charge >= 0.3 is 0 Å². The van der Waals surface area contributed by atoms with Gasteiger partial charge in [-0.15, -0.1) is 0 Å². The lowest BCUT2D eigenvalue weighted by molar-refractivity contribution is 0.669. The number of furan rings is 1. The zero-order valence-corrected chi connectivity index (χ0v) is 37.7. The molecule has 13 aromatic rings. The van der Waals surface area contributed by atoms with E-state index in [-0.39, 0.29) is 0 Å². The summed E-state index contributed by atoms with van der Waals surface area (Å²) in [5, 5.41) is 4.77. The van der Waals surface area contributed by atoms with Crippen LogP contribution in [-0.2, 0) is 0 Å². The lowest BCUT2D eigenvalue weighted by atomic mass is 9.96. The van der Waals surface area contributed by atoms with Crippen molar-refractivity contribution in [3.63, 3.8) is 0 Å². The van der Waals surface area contributed by atoms with Gasteiger partial charge in [-0.2, -0.15) is 0 Å². The van der Waals surface area contributed by atoms with Crippen LogP contribution in [0.4, 0.5) is 17.1 Å². The van der Waals surface area contributed by atoms with Crippen molar-refractivity contribution < 1.29 is 4.42 Å². The molecule has 2 heterocycles. The highest BCUT2D eigenvalue weighted by Crippen LogP contribution is 2.45. The van der Waals surface area contributed by atoms with Crippen molar-refractivity contribution in [2.24, 2.45) is 0 Å². The number of hydrogen-bond donors (Lipinski definition) is 0. The summed E-state index contributed by atoms with van der Waals surface area (Å²) in [5.74, 6) is 0. The number of nitrogens with zero attached hydrogens (tertiary/aromatic N) is 2. The highest BCUT2D eigenvalue weighted by molar-refractivity contribution is 6.14. The van der Waals surface area contributed by atoms with E-state index in [1.807, 2.05) is 6.07 Å². The van der Waals surface area contributed by atoms with E-state index in [2.05, 4.69) is 270 Å². The molecule has 0 unspecified atom stereocenters. The van der Waals surface area contributed by atoms with Gasteiger partial charge in [-0.25, -0.2) is 0 Å². The maximum Gasteiger partial charge on any atom is 0.136 e. The first-order valence-corrected chi connectivity index (χ1v) is 23.6. The number of fused-ring (bicyclic) bond motifs is 6. The van der Waals surface area contributed by atoms with Gasteiger partial charge in [-0.3, -0.25) is 0 Å². The van der Waals surface area contributed by atoms with Gasteiger partial charge in [0.25, 0.3) is 0 Å². The third kappa shape index (κ3) is 7.16. The van der Waals surface area contributed by atoms with Crippen molar-refractivity contribution in [1.82, 2.24) is 4.57 Å². The lowest BCUT2D eigenvalue weighted by Crippen LogP contribution is -2.11. The van der Waals surface area contributed by atoms with Crippen molar-refractivity contribution in [2.45, 2.75) is 0 Å². The van der Waals surface area contributed by atoms with Gasteiger partial charge < -0.3 is 13.9 Å². The van der Waals surface area contributed by atoms with Crippen molar-refractivity contribution >= 4 is 60.8 Å². The topological polar surface area (TPSA) is 21.3 Å². The molecule has 0 fully saturated rings. The number of aromatic nitrogens is 1. The molecule has 324 valence electrons. The molecule has 69 heavy (non-hydrogen) atoms. The Hall–Kier alpha value is -9.18. The summed E-state index contributed by atoms with van der Waals surface area (Å²) in [6, 6.07) is 96.0. The van der Waals surface area contributed by atoms with E-state index in [0.717, 1.165) is 66.9 Å². The molecule has 0 saturated carbocycles. The third-order valence-corrected chi connectivity index (χ3v) is 13.6. The molecule has 0 amide bonds. The molecule has 0 N–H and O–H groups in total. The first kappa shape index (κ1) is 40.1. The Labute approximate surface area is 401 Å². The van der Waals surface area contributed by atoms with E-state index in [1.54, 1.807) is 0 Å². The molecule has 0 bridgehead atoms. The van der Waals surface area contributed by atoms with Gasteiger partial charge in [0.05, 0.1) is 16.7 Å². The monoisotopic (exact) mass is 880 g/mol. The molecule has 11 aromatic carbocycles. The summed E-state index contributed by atoms with van der Waals surface area (Å²) in [5.41, 5.74) is 20.3. The highest BCUT2D eigenvalue weighted by Gasteiger charge is 2.21. The first-order chi connectivity index (χ1) is 34.2. The standard InChI is InChI=1S/C66H44N2O/c1-2-14-45(15-3-1)51-16-12-17-52(44-51)50-36-40-54(41-37-50)67(61-23-8-6-20-58(61)59-22-13-27-65-66(59)60-21-7-11-26-64(60)69-65)53-38-32-48(33-39-53)46-28-30-47(31-29-46)49-34-42-55(43-35-49)68-62-24-9-4-18-56(62)57-19-5-10-25-63(57)68/h1-44H. The van der Waals surface area contributed by atoms with E-state index in [4.69, 9.17) is 4.42 Å². The summed E-state index contributed by atoms with van der Waals surface area (Å²) in [6.45, 7) is 0. The van der Waals surface area contributed by atoms with Gasteiger partial charge in [0.15, 0.2) is 0 Å². The van der Waals surface area contributed by atoms with E-state index in [9.17, 15) is 0 Å². The van der Waals surface area contributed by atoms with E-state index in [1.165, 1.54) is 55.2 Å². The van der Waals surface area contributed by atoms with Crippen LogP contribution in [-0.4, -0.2) is 4.57 Å². The van der Waals surface area contributed by atoms with Crippen LogP contribution in [0.25, 0.3) is 105 Å². The predicted octanol–water partition coefficient (Wildman–Crippen LogP) is 18.5. The molecule has 13 rings (SSSR count). The lowest BCUT2D eigenvalue weighted by Gasteiger charge is -2.28. The summed E-state index contributed by atoms with van der Waals surface area (Å²) < 4.78 is 8.76. The molecule has 0 aliphatic carbocycles. The van der Waals surface area contributed by atoms with Crippen molar-refractivity contribution in [1.29, 1.82) is 0 Å². The molecule has 0 aliphatic rings. The predicted molar refractivity (Wildman–Crippen MR) is 290 cm³/mol. The summed E-state index contributed by atoms with van der Waals surface area (Å²) in [4.78, 5) is 2.39. The second-order valence-electron chi connectivity index (χ2n) is 17.7. The minimum absolute atomic E-state index is 0.879. The maximum absolute atomic E-state index is 6.39. The molecule has 0 saturated heterocycles. The number of rotatable bonds is 9. The quantitative estimate of drug-likeness (QED) is 0.144. The minimum atomic E-state index is 0.879. The fourth-order valence-corrected chi connectivity index (χ4v) is 10.3. The van der Waals surface area contributed by atoms with E-state index >= 15 is 0 Å². The van der Waals surface area contributed by atoms with Crippen LogP contribution in [0.3, 0.4) is 0 Å². The highest BCUT2D eigenvalue weighted by atomic mass is 16.3. The fourth-order valence-electron chi connectivity index (χ4n) is 10.3. The van der Waals surface area contributed by atoms with Gasteiger partial charge in [-0.1, -0.05) is 194 Å².